The van der Waals surface area contributed by atoms with Gasteiger partial charge in [0.15, 0.2) is 5.82 Å². The van der Waals surface area contributed by atoms with Crippen molar-refractivity contribution in [2.75, 3.05) is 19.6 Å². The van der Waals surface area contributed by atoms with Crippen LogP contribution in [0.15, 0.2) is 12.4 Å². The molecule has 1 aromatic heterocycles. The van der Waals surface area contributed by atoms with E-state index in [0.29, 0.717) is 32.2 Å². The van der Waals surface area contributed by atoms with Crippen LogP contribution in [0.3, 0.4) is 0 Å². The lowest BCUT2D eigenvalue weighted by molar-refractivity contribution is -0.308. The molecule has 2 amide bonds. The average Bonchev–Trinajstić information content (AvgIpc) is 3.47. The highest BCUT2D eigenvalue weighted by atomic mass is 19.4. The van der Waals surface area contributed by atoms with E-state index in [1.54, 1.807) is 4.90 Å². The van der Waals surface area contributed by atoms with Crippen LogP contribution in [0.25, 0.3) is 0 Å². The maximum Gasteiger partial charge on any atom is 0.434 e. The Hall–Kier alpha value is -2.67. The number of carbonyl (C=O) groups excluding carboxylic acids is 2. The van der Waals surface area contributed by atoms with Gasteiger partial charge in [0.25, 0.3) is 6.10 Å². The van der Waals surface area contributed by atoms with Crippen LogP contribution in [0.5, 0.6) is 0 Å². The van der Waals surface area contributed by atoms with Gasteiger partial charge >= 0.3 is 18.4 Å². The Kier molecular flexibility index (Phi) is 5.91. The van der Waals surface area contributed by atoms with Crippen LogP contribution in [0.4, 0.5) is 35.5 Å². The number of piperidine rings is 1. The molecule has 0 bridgehead atoms. The lowest BCUT2D eigenvalue weighted by Gasteiger charge is -2.45. The molecule has 34 heavy (non-hydrogen) atoms. The van der Waals surface area contributed by atoms with E-state index in [1.165, 1.54) is 0 Å². The molecule has 1 aliphatic carbocycles. The second-order valence-corrected chi connectivity index (χ2v) is 8.93. The molecule has 0 aromatic carbocycles. The van der Waals surface area contributed by atoms with Gasteiger partial charge in [-0.1, -0.05) is 0 Å². The number of alkyl halides is 6. The van der Waals surface area contributed by atoms with Gasteiger partial charge in [0.05, 0.1) is 12.4 Å². The molecule has 3 heterocycles. The molecule has 1 aromatic rings. The van der Waals surface area contributed by atoms with Crippen LogP contribution in [0.1, 0.15) is 44.3 Å². The van der Waals surface area contributed by atoms with Gasteiger partial charge in [0, 0.05) is 25.2 Å². The van der Waals surface area contributed by atoms with Crippen molar-refractivity contribution in [2.24, 2.45) is 0 Å². The summed E-state index contributed by atoms with van der Waals surface area (Å²) >= 11 is 0. The summed E-state index contributed by atoms with van der Waals surface area (Å²) in [6, 6.07) is 0. The zero-order chi connectivity index (χ0) is 24.9. The largest absolute Gasteiger partial charge is 0.434 e. The quantitative estimate of drug-likeness (QED) is 0.594. The van der Waals surface area contributed by atoms with Crippen molar-refractivity contribution < 1.29 is 45.1 Å². The summed E-state index contributed by atoms with van der Waals surface area (Å²) in [5.41, 5.74) is -1.65. The topological polar surface area (TPSA) is 75.6 Å². The number of carbonyl (C=O) groups is 2. The first-order chi connectivity index (χ1) is 15.8. The van der Waals surface area contributed by atoms with Crippen LogP contribution in [-0.4, -0.2) is 75.4 Å². The fourth-order valence-corrected chi connectivity index (χ4v) is 4.85. The molecule has 188 valence electrons. The smallest absolute Gasteiger partial charge is 0.426 e. The van der Waals surface area contributed by atoms with Crippen LogP contribution in [0, 0.1) is 5.82 Å². The van der Waals surface area contributed by atoms with Crippen LogP contribution in [0.2, 0.25) is 0 Å². The predicted octanol–water partition coefficient (Wildman–Crippen LogP) is 3.73. The fraction of sp³-hybridized carbons (Fsp3) is 0.700. The minimum Gasteiger partial charge on any atom is -0.426 e. The average molecular weight is 498 g/mol. The van der Waals surface area contributed by atoms with Crippen LogP contribution >= 0.6 is 0 Å². The first-order valence-corrected chi connectivity index (χ1v) is 10.7. The molecular formula is C20H21F7N4O3. The Morgan fingerprint density at radius 1 is 0.912 bits per heavy atom. The lowest BCUT2D eigenvalue weighted by atomic mass is 9.84. The van der Waals surface area contributed by atoms with Crippen molar-refractivity contribution in [1.82, 2.24) is 19.8 Å². The maximum atomic E-state index is 13.5. The van der Waals surface area contributed by atoms with Gasteiger partial charge in [-0.3, -0.25) is 4.79 Å². The van der Waals surface area contributed by atoms with Crippen molar-refractivity contribution in [2.45, 2.75) is 67.9 Å². The number of rotatable bonds is 3. The second kappa shape index (κ2) is 8.22. The van der Waals surface area contributed by atoms with E-state index in [2.05, 4.69) is 14.7 Å². The number of hydrogen-bond donors (Lipinski definition) is 0. The third-order valence-electron chi connectivity index (χ3n) is 6.81. The highest BCUT2D eigenvalue weighted by molar-refractivity contribution is 5.91. The Morgan fingerprint density at radius 2 is 1.47 bits per heavy atom. The van der Waals surface area contributed by atoms with E-state index in [1.807, 2.05) is 0 Å². The van der Waals surface area contributed by atoms with E-state index < -0.39 is 41.3 Å². The second-order valence-electron chi connectivity index (χ2n) is 8.93. The van der Waals surface area contributed by atoms with Crippen molar-refractivity contribution >= 4 is 12.0 Å². The van der Waals surface area contributed by atoms with Crippen LogP contribution in [-0.2, 0) is 14.9 Å². The van der Waals surface area contributed by atoms with E-state index >= 15 is 0 Å². The van der Waals surface area contributed by atoms with Gasteiger partial charge in [-0.2, -0.15) is 26.3 Å². The van der Waals surface area contributed by atoms with Gasteiger partial charge in [0.1, 0.15) is 11.2 Å². The highest BCUT2D eigenvalue weighted by Crippen LogP contribution is 2.51. The molecule has 0 radical (unpaired) electrons. The third kappa shape index (κ3) is 4.38. The minimum atomic E-state index is -5.79. The summed E-state index contributed by atoms with van der Waals surface area (Å²) in [5.74, 6) is -0.656. The number of likely N-dealkylation sites (tertiary alicyclic amines) is 2. The zero-order valence-corrected chi connectivity index (χ0v) is 17.8. The number of amides is 2. The molecule has 3 fully saturated rings. The van der Waals surface area contributed by atoms with E-state index in [9.17, 15) is 40.3 Å². The summed E-state index contributed by atoms with van der Waals surface area (Å²) in [6.07, 6.45) is -13.0. The molecule has 4 rings (SSSR count). The SMILES string of the molecule is O=C(OC(C(F)(F)F)C(F)(F)F)N1CCC2(CCCN2C(=O)C2(c3ncc(F)cn3)CC2)CC1. The lowest BCUT2D eigenvalue weighted by Crippen LogP contribution is -2.57. The van der Waals surface area contributed by atoms with E-state index in [4.69, 9.17) is 0 Å². The molecular weight excluding hydrogens is 477 g/mol. The third-order valence-corrected chi connectivity index (χ3v) is 6.81. The first kappa shape index (κ1) is 24.5. The van der Waals surface area contributed by atoms with Crippen molar-refractivity contribution in [3.05, 3.63) is 24.0 Å². The first-order valence-electron chi connectivity index (χ1n) is 10.7. The fourth-order valence-electron chi connectivity index (χ4n) is 4.85. The zero-order valence-electron chi connectivity index (χ0n) is 17.8. The summed E-state index contributed by atoms with van der Waals surface area (Å²) in [4.78, 5) is 35.9. The standard InChI is InChI=1S/C20H21F7N4O3/c21-12-10-28-14(29-11-12)18(3-4-18)15(32)31-7-1-2-17(31)5-8-30(9-6-17)16(33)34-13(19(22,23)24)20(25,26)27/h10-11,13H,1-9H2. The maximum absolute atomic E-state index is 13.5. The van der Waals surface area contributed by atoms with Gasteiger partial charge < -0.3 is 14.5 Å². The molecule has 0 N–H and O–H groups in total. The summed E-state index contributed by atoms with van der Waals surface area (Å²) in [7, 11) is 0. The predicted molar refractivity (Wildman–Crippen MR) is 99.8 cm³/mol. The Bertz CT molecular complexity index is 925. The molecule has 14 heteroatoms. The summed E-state index contributed by atoms with van der Waals surface area (Å²) < 4.78 is 93.3. The molecule has 2 saturated heterocycles. The molecule has 7 nitrogen and oxygen atoms in total. The van der Waals surface area contributed by atoms with Crippen molar-refractivity contribution in [3.8, 4) is 0 Å². The summed E-state index contributed by atoms with van der Waals surface area (Å²) in [6.45, 7) is 0.0899. The molecule has 0 unspecified atom stereocenters. The summed E-state index contributed by atoms with van der Waals surface area (Å²) in [5, 5.41) is 0. The molecule has 1 spiro atoms. The number of ether oxygens (including phenoxy) is 1. The van der Waals surface area contributed by atoms with Gasteiger partial charge in [-0.25, -0.2) is 19.2 Å². The van der Waals surface area contributed by atoms with Crippen LogP contribution < -0.4 is 0 Å². The van der Waals surface area contributed by atoms with E-state index in [0.717, 1.165) is 17.3 Å². The number of nitrogens with zero attached hydrogens (tertiary/aromatic N) is 4. The number of halogens is 7. The molecule has 1 saturated carbocycles. The molecule has 2 aliphatic heterocycles. The Labute approximate surface area is 189 Å². The monoisotopic (exact) mass is 498 g/mol. The number of hydrogen-bond acceptors (Lipinski definition) is 5. The Morgan fingerprint density at radius 3 is 1.97 bits per heavy atom. The van der Waals surface area contributed by atoms with E-state index in [-0.39, 0.29) is 37.7 Å². The normalized spacial score (nSPS) is 21.8. The van der Waals surface area contributed by atoms with Gasteiger partial charge in [0.2, 0.25) is 5.91 Å². The van der Waals surface area contributed by atoms with Crippen molar-refractivity contribution in [3.63, 3.8) is 0 Å². The highest BCUT2D eigenvalue weighted by Gasteiger charge is 2.61. The molecule has 0 atom stereocenters. The minimum absolute atomic E-state index is 0.162. The molecule has 3 aliphatic rings. The van der Waals surface area contributed by atoms with Crippen molar-refractivity contribution in [1.29, 1.82) is 0 Å². The van der Waals surface area contributed by atoms with Gasteiger partial charge in [-0.05, 0) is 38.5 Å². The number of aromatic nitrogens is 2. The van der Waals surface area contributed by atoms with Gasteiger partial charge in [-0.15, -0.1) is 0 Å². The Balaban J connectivity index is 1.43.